The topological polar surface area (TPSA) is 0 Å². The highest BCUT2D eigenvalue weighted by molar-refractivity contribution is 14.1. The second-order valence-electron chi connectivity index (χ2n) is 1.67. The van der Waals surface area contributed by atoms with Crippen LogP contribution in [0, 0.1) is 0 Å². The van der Waals surface area contributed by atoms with E-state index in [1.54, 1.807) is 11.3 Å². The molecule has 1 unspecified atom stereocenters. The van der Waals surface area contributed by atoms with Gasteiger partial charge in [0.15, 0.2) is 0 Å². The Hall–Kier alpha value is 0.430. The van der Waals surface area contributed by atoms with Crippen molar-refractivity contribution in [1.29, 1.82) is 0 Å². The van der Waals surface area contributed by atoms with Gasteiger partial charge in [-0.1, -0.05) is 22.6 Å². The minimum atomic E-state index is 0.666. The molecule has 0 aliphatic heterocycles. The van der Waals surface area contributed by atoms with Gasteiger partial charge >= 0.3 is 0 Å². The summed E-state index contributed by atoms with van der Waals surface area (Å²) in [7, 11) is 0. The number of halogens is 1. The van der Waals surface area contributed by atoms with E-state index in [-0.39, 0.29) is 0 Å². The molecular weight excluding hydrogens is 231 g/mol. The fourth-order valence-corrected chi connectivity index (χ4v) is 1.89. The van der Waals surface area contributed by atoms with E-state index in [0.717, 1.165) is 0 Å². The normalized spacial score (nSPS) is 13.8. The maximum Gasteiger partial charge on any atom is 0.0339 e. The maximum atomic E-state index is 2.41. The number of rotatable bonds is 1. The fraction of sp³-hybridized carbons (Fsp3) is 0.333. The molecule has 0 amide bonds. The first-order valence-electron chi connectivity index (χ1n) is 2.47. The molecule has 1 heterocycles. The van der Waals surface area contributed by atoms with Crippen LogP contribution < -0.4 is 0 Å². The summed E-state index contributed by atoms with van der Waals surface area (Å²) in [6.07, 6.45) is 0. The third-order valence-electron chi connectivity index (χ3n) is 1.00. The Morgan fingerprint density at radius 3 is 2.75 bits per heavy atom. The molecule has 0 bridgehead atoms. The molecule has 0 saturated carbocycles. The minimum absolute atomic E-state index is 0.666. The van der Waals surface area contributed by atoms with Gasteiger partial charge in [-0.2, -0.15) is 11.3 Å². The fourth-order valence-electron chi connectivity index (χ4n) is 0.501. The van der Waals surface area contributed by atoms with Crippen LogP contribution in [-0.4, -0.2) is 0 Å². The van der Waals surface area contributed by atoms with Crippen molar-refractivity contribution in [3.05, 3.63) is 22.4 Å². The Balaban J connectivity index is 2.77. The number of hydrogen-bond donors (Lipinski definition) is 0. The lowest BCUT2D eigenvalue weighted by Crippen LogP contribution is -1.73. The minimum Gasteiger partial charge on any atom is -0.152 e. The molecule has 1 atom stereocenters. The first-order chi connectivity index (χ1) is 3.80. The zero-order valence-electron chi connectivity index (χ0n) is 4.60. The summed E-state index contributed by atoms with van der Waals surface area (Å²) in [5, 5.41) is 4.31. The van der Waals surface area contributed by atoms with E-state index in [0.29, 0.717) is 3.92 Å². The SMILES string of the molecule is CC(I)c1ccsc1. The summed E-state index contributed by atoms with van der Waals surface area (Å²) in [4.78, 5) is 0. The van der Waals surface area contributed by atoms with Gasteiger partial charge in [-0.15, -0.1) is 0 Å². The number of alkyl halides is 1. The molecule has 44 valence electrons. The second kappa shape index (κ2) is 2.82. The maximum absolute atomic E-state index is 2.41. The third kappa shape index (κ3) is 1.45. The van der Waals surface area contributed by atoms with Crippen LogP contribution in [0.1, 0.15) is 16.4 Å². The van der Waals surface area contributed by atoms with Crippen LogP contribution in [0.2, 0.25) is 0 Å². The van der Waals surface area contributed by atoms with E-state index in [1.165, 1.54) is 5.56 Å². The third-order valence-corrected chi connectivity index (χ3v) is 2.42. The van der Waals surface area contributed by atoms with Gasteiger partial charge in [0.05, 0.1) is 0 Å². The monoisotopic (exact) mass is 238 g/mol. The quantitative estimate of drug-likeness (QED) is 0.520. The van der Waals surface area contributed by atoms with Crippen LogP contribution in [0.15, 0.2) is 16.8 Å². The number of hydrogen-bond acceptors (Lipinski definition) is 1. The lowest BCUT2D eigenvalue weighted by Gasteiger charge is -1.94. The predicted molar refractivity (Wildman–Crippen MR) is 46.8 cm³/mol. The van der Waals surface area contributed by atoms with Crippen LogP contribution in [0.25, 0.3) is 0 Å². The standard InChI is InChI=1S/C6H7IS/c1-5(7)6-2-3-8-4-6/h2-5H,1H3. The van der Waals surface area contributed by atoms with Gasteiger partial charge in [-0.05, 0) is 29.3 Å². The molecule has 0 aliphatic carbocycles. The first kappa shape index (κ1) is 6.55. The highest BCUT2D eigenvalue weighted by atomic mass is 127. The molecule has 1 rings (SSSR count). The van der Waals surface area contributed by atoms with Crippen molar-refractivity contribution < 1.29 is 0 Å². The lowest BCUT2D eigenvalue weighted by atomic mass is 10.3. The molecule has 0 nitrogen and oxygen atoms in total. The lowest BCUT2D eigenvalue weighted by molar-refractivity contribution is 1.16. The van der Waals surface area contributed by atoms with Gasteiger partial charge in [0.25, 0.3) is 0 Å². The van der Waals surface area contributed by atoms with Crippen LogP contribution in [0.4, 0.5) is 0 Å². The summed E-state index contributed by atoms with van der Waals surface area (Å²) >= 11 is 4.17. The zero-order valence-corrected chi connectivity index (χ0v) is 7.57. The van der Waals surface area contributed by atoms with Crippen LogP contribution in [0.3, 0.4) is 0 Å². The molecule has 2 heteroatoms. The molecule has 0 radical (unpaired) electrons. The Kier molecular flexibility index (Phi) is 2.31. The largest absolute Gasteiger partial charge is 0.152 e. The van der Waals surface area contributed by atoms with Crippen LogP contribution >= 0.6 is 33.9 Å². The number of thiophene rings is 1. The molecule has 0 fully saturated rings. The molecule has 0 aliphatic rings. The van der Waals surface area contributed by atoms with E-state index < -0.39 is 0 Å². The van der Waals surface area contributed by atoms with E-state index in [2.05, 4.69) is 46.3 Å². The van der Waals surface area contributed by atoms with Gasteiger partial charge in [0.2, 0.25) is 0 Å². The molecule has 0 saturated heterocycles. The Morgan fingerprint density at radius 2 is 2.50 bits per heavy atom. The van der Waals surface area contributed by atoms with Crippen molar-refractivity contribution in [3.8, 4) is 0 Å². The van der Waals surface area contributed by atoms with Gasteiger partial charge in [-0.25, -0.2) is 0 Å². The Labute approximate surface area is 67.1 Å². The summed E-state index contributed by atoms with van der Waals surface area (Å²) in [5.74, 6) is 0. The summed E-state index contributed by atoms with van der Waals surface area (Å²) in [5.41, 5.74) is 1.44. The highest BCUT2D eigenvalue weighted by Gasteiger charge is 1.97. The molecule has 1 aromatic rings. The van der Waals surface area contributed by atoms with Crippen molar-refractivity contribution in [3.63, 3.8) is 0 Å². The van der Waals surface area contributed by atoms with Crippen molar-refractivity contribution >= 4 is 33.9 Å². The highest BCUT2D eigenvalue weighted by Crippen LogP contribution is 2.23. The first-order valence-corrected chi connectivity index (χ1v) is 4.65. The van der Waals surface area contributed by atoms with Gasteiger partial charge in [0, 0.05) is 3.92 Å². The Morgan fingerprint density at radius 1 is 1.75 bits per heavy atom. The van der Waals surface area contributed by atoms with Crippen molar-refractivity contribution in [2.45, 2.75) is 10.8 Å². The van der Waals surface area contributed by atoms with E-state index >= 15 is 0 Å². The van der Waals surface area contributed by atoms with Crippen molar-refractivity contribution in [2.75, 3.05) is 0 Å². The Bertz CT molecular complexity index is 144. The molecule has 8 heavy (non-hydrogen) atoms. The van der Waals surface area contributed by atoms with E-state index in [9.17, 15) is 0 Å². The molecular formula is C6H7IS. The van der Waals surface area contributed by atoms with E-state index in [4.69, 9.17) is 0 Å². The van der Waals surface area contributed by atoms with Gasteiger partial charge in [-0.3, -0.25) is 0 Å². The van der Waals surface area contributed by atoms with Crippen LogP contribution in [0.5, 0.6) is 0 Å². The van der Waals surface area contributed by atoms with E-state index in [1.807, 2.05) is 0 Å². The molecule has 0 spiro atoms. The molecule has 0 N–H and O–H groups in total. The summed E-state index contributed by atoms with van der Waals surface area (Å²) < 4.78 is 0.666. The second-order valence-corrected chi connectivity index (χ2v) is 4.32. The van der Waals surface area contributed by atoms with Crippen molar-refractivity contribution in [2.24, 2.45) is 0 Å². The predicted octanol–water partition coefficient (Wildman–Crippen LogP) is 3.24. The van der Waals surface area contributed by atoms with Crippen LogP contribution in [-0.2, 0) is 0 Å². The molecule has 0 aromatic carbocycles. The summed E-state index contributed by atoms with van der Waals surface area (Å²) in [6, 6.07) is 2.17. The zero-order chi connectivity index (χ0) is 5.98. The van der Waals surface area contributed by atoms with Gasteiger partial charge < -0.3 is 0 Å². The molecule has 1 aromatic heterocycles. The summed E-state index contributed by atoms with van der Waals surface area (Å²) in [6.45, 7) is 2.20. The van der Waals surface area contributed by atoms with Crippen molar-refractivity contribution in [1.82, 2.24) is 0 Å². The average Bonchev–Trinajstić information content (AvgIpc) is 2.12. The average molecular weight is 238 g/mol. The van der Waals surface area contributed by atoms with Gasteiger partial charge in [0.1, 0.15) is 0 Å². The smallest absolute Gasteiger partial charge is 0.0339 e.